The van der Waals surface area contributed by atoms with Crippen LogP contribution in [0.5, 0.6) is 0 Å². The van der Waals surface area contributed by atoms with E-state index in [0.29, 0.717) is 11.2 Å². The van der Waals surface area contributed by atoms with Crippen LogP contribution in [0.3, 0.4) is 0 Å². The number of imidazole rings is 1. The summed E-state index contributed by atoms with van der Waals surface area (Å²) in [7, 11) is -3.95. The maximum atomic E-state index is 12.3. The highest BCUT2D eigenvalue weighted by Gasteiger charge is 2.37. The number of aliphatic hydroxyl groups excluding tert-OH is 1. The van der Waals surface area contributed by atoms with Crippen LogP contribution in [0.2, 0.25) is 0 Å². The van der Waals surface area contributed by atoms with Crippen LogP contribution in [0.4, 0.5) is 5.82 Å². The van der Waals surface area contributed by atoms with Crippen molar-refractivity contribution >= 4 is 27.1 Å². The maximum Gasteiger partial charge on any atom is 0.297 e. The van der Waals surface area contributed by atoms with Crippen molar-refractivity contribution in [2.75, 3.05) is 12.3 Å². The summed E-state index contributed by atoms with van der Waals surface area (Å²) in [5.74, 6) is 0.242. The molecular weight excluding hydrogens is 386 g/mol. The summed E-state index contributed by atoms with van der Waals surface area (Å²) >= 11 is 0. The molecule has 0 bridgehead atoms. The smallest absolute Gasteiger partial charge is 0.297 e. The van der Waals surface area contributed by atoms with Gasteiger partial charge in [0.25, 0.3) is 10.1 Å². The molecule has 3 N–H and O–H groups in total. The Morgan fingerprint density at radius 3 is 2.79 bits per heavy atom. The molecule has 3 atom stereocenters. The van der Waals surface area contributed by atoms with Crippen LogP contribution in [-0.4, -0.2) is 51.9 Å². The molecule has 0 unspecified atom stereocenters. The van der Waals surface area contributed by atoms with Gasteiger partial charge >= 0.3 is 0 Å². The first kappa shape index (κ1) is 18.7. The number of hydrogen-bond acceptors (Lipinski definition) is 9. The average molecular weight is 405 g/mol. The fraction of sp³-hybridized carbons (Fsp3) is 0.353. The van der Waals surface area contributed by atoms with E-state index in [1.165, 1.54) is 24.8 Å². The van der Waals surface area contributed by atoms with Gasteiger partial charge in [0.05, 0.1) is 23.9 Å². The molecule has 0 radical (unpaired) electrons. The van der Waals surface area contributed by atoms with Crippen molar-refractivity contribution in [2.45, 2.75) is 36.7 Å². The van der Waals surface area contributed by atoms with Crippen molar-refractivity contribution in [3.8, 4) is 0 Å². The summed E-state index contributed by atoms with van der Waals surface area (Å²) < 4.78 is 37.2. The minimum atomic E-state index is -3.95. The Bertz CT molecular complexity index is 1100. The highest BCUT2D eigenvalue weighted by atomic mass is 32.2. The van der Waals surface area contributed by atoms with Crippen LogP contribution in [0.25, 0.3) is 11.2 Å². The molecule has 148 valence electrons. The molecule has 3 aromatic rings. The fourth-order valence-corrected chi connectivity index (χ4v) is 3.97. The summed E-state index contributed by atoms with van der Waals surface area (Å²) in [6, 6.07) is 6.32. The molecular formula is C17H19N5O5S. The van der Waals surface area contributed by atoms with Gasteiger partial charge in [-0.25, -0.2) is 15.0 Å². The van der Waals surface area contributed by atoms with Crippen LogP contribution in [0.1, 0.15) is 18.2 Å². The number of aryl methyl sites for hydroxylation is 1. The normalized spacial score (nSPS) is 22.7. The molecule has 10 nitrogen and oxygen atoms in total. The van der Waals surface area contributed by atoms with Crippen molar-refractivity contribution in [2.24, 2.45) is 0 Å². The lowest BCUT2D eigenvalue weighted by molar-refractivity contribution is -0.0371. The third-order valence-electron chi connectivity index (χ3n) is 4.60. The molecule has 1 aliphatic heterocycles. The molecule has 4 rings (SSSR count). The first-order valence-corrected chi connectivity index (χ1v) is 9.98. The molecule has 1 fully saturated rings. The molecule has 1 aliphatic rings. The van der Waals surface area contributed by atoms with E-state index in [4.69, 9.17) is 14.7 Å². The van der Waals surface area contributed by atoms with Gasteiger partial charge in [0, 0.05) is 6.42 Å². The van der Waals surface area contributed by atoms with Gasteiger partial charge in [0.15, 0.2) is 11.5 Å². The van der Waals surface area contributed by atoms with Gasteiger partial charge < -0.3 is 15.6 Å². The van der Waals surface area contributed by atoms with Crippen molar-refractivity contribution < 1.29 is 22.4 Å². The molecule has 11 heteroatoms. The molecule has 2 aromatic heterocycles. The molecule has 28 heavy (non-hydrogen) atoms. The summed E-state index contributed by atoms with van der Waals surface area (Å²) in [5.41, 5.74) is 7.62. The molecule has 1 aromatic carbocycles. The standard InChI is InChI=1S/C17H19N5O5S/c1-10-2-4-11(5-3-10)28(24,25)26-7-13-12(23)6-14(27-13)22-9-21-15-16(18)19-8-20-17(15)22/h2-5,8-9,12-14,23H,6-7H2,1H3,(H2,18,19,20)/t12-,13+,14+/m0/s1. The molecule has 0 saturated carbocycles. The van der Waals surface area contributed by atoms with Crippen molar-refractivity contribution in [1.82, 2.24) is 19.5 Å². The number of hydrogen-bond donors (Lipinski definition) is 2. The molecule has 0 amide bonds. The summed E-state index contributed by atoms with van der Waals surface area (Å²) in [6.07, 6.45) is 0.741. The first-order valence-electron chi connectivity index (χ1n) is 8.58. The Morgan fingerprint density at radius 1 is 1.29 bits per heavy atom. The van der Waals surface area contributed by atoms with Gasteiger partial charge in [-0.1, -0.05) is 17.7 Å². The van der Waals surface area contributed by atoms with Crippen molar-refractivity contribution in [3.05, 3.63) is 42.5 Å². The predicted molar refractivity (Wildman–Crippen MR) is 98.6 cm³/mol. The summed E-state index contributed by atoms with van der Waals surface area (Å²) in [6.45, 7) is 1.55. The van der Waals surface area contributed by atoms with Gasteiger partial charge in [0.1, 0.15) is 24.2 Å². The minimum Gasteiger partial charge on any atom is -0.390 e. The lowest BCUT2D eigenvalue weighted by Gasteiger charge is -2.16. The second-order valence-electron chi connectivity index (χ2n) is 6.57. The van der Waals surface area contributed by atoms with E-state index < -0.39 is 28.6 Å². The van der Waals surface area contributed by atoms with E-state index in [1.54, 1.807) is 16.7 Å². The van der Waals surface area contributed by atoms with E-state index in [0.717, 1.165) is 5.56 Å². The highest BCUT2D eigenvalue weighted by molar-refractivity contribution is 7.86. The summed E-state index contributed by atoms with van der Waals surface area (Å²) in [5, 5.41) is 10.3. The second kappa shape index (κ2) is 7.09. The lowest BCUT2D eigenvalue weighted by Crippen LogP contribution is -2.28. The number of nitrogens with zero attached hydrogens (tertiary/aromatic N) is 4. The number of rotatable bonds is 5. The number of nitrogens with two attached hydrogens (primary N) is 1. The molecule has 3 heterocycles. The zero-order valence-corrected chi connectivity index (χ0v) is 15.8. The Balaban J connectivity index is 1.47. The topological polar surface area (TPSA) is 142 Å². The molecule has 1 saturated heterocycles. The van der Waals surface area contributed by atoms with Gasteiger partial charge in [-0.2, -0.15) is 8.42 Å². The van der Waals surface area contributed by atoms with Crippen molar-refractivity contribution in [3.63, 3.8) is 0 Å². The van der Waals surface area contributed by atoms with Crippen LogP contribution in [-0.2, 0) is 19.0 Å². The zero-order chi connectivity index (χ0) is 19.9. The SMILES string of the molecule is Cc1ccc(S(=O)(=O)OC[C@H]2O[C@@H](n3cnc4c(N)ncnc43)C[C@@H]2O)cc1. The minimum absolute atomic E-state index is 0.0508. The monoisotopic (exact) mass is 405 g/mol. The third kappa shape index (κ3) is 3.44. The lowest BCUT2D eigenvalue weighted by atomic mass is 10.2. The fourth-order valence-electron chi connectivity index (χ4n) is 3.05. The van der Waals surface area contributed by atoms with Crippen LogP contribution in [0.15, 0.2) is 41.8 Å². The average Bonchev–Trinajstić information content (AvgIpc) is 3.25. The van der Waals surface area contributed by atoms with E-state index >= 15 is 0 Å². The Labute approximate surface area is 161 Å². The molecule has 0 spiro atoms. The first-order chi connectivity index (χ1) is 13.3. The number of fused-ring (bicyclic) bond motifs is 1. The van der Waals surface area contributed by atoms with Gasteiger partial charge in [-0.05, 0) is 19.1 Å². The quantitative estimate of drug-likeness (QED) is 0.588. The zero-order valence-electron chi connectivity index (χ0n) is 15.0. The number of aromatic nitrogens is 4. The summed E-state index contributed by atoms with van der Waals surface area (Å²) in [4.78, 5) is 12.3. The Morgan fingerprint density at radius 2 is 2.04 bits per heavy atom. The Hall–Kier alpha value is -2.60. The van der Waals surface area contributed by atoms with Crippen LogP contribution < -0.4 is 5.73 Å². The number of aliphatic hydroxyl groups is 1. The van der Waals surface area contributed by atoms with Gasteiger partial charge in [-0.3, -0.25) is 8.75 Å². The van der Waals surface area contributed by atoms with E-state index in [9.17, 15) is 13.5 Å². The van der Waals surface area contributed by atoms with Gasteiger partial charge in [0.2, 0.25) is 0 Å². The van der Waals surface area contributed by atoms with Crippen LogP contribution >= 0.6 is 0 Å². The van der Waals surface area contributed by atoms with E-state index in [2.05, 4.69) is 15.0 Å². The van der Waals surface area contributed by atoms with E-state index in [-0.39, 0.29) is 23.7 Å². The third-order valence-corrected chi connectivity index (χ3v) is 5.89. The predicted octanol–water partition coefficient (Wildman–Crippen LogP) is 0.771. The number of benzene rings is 1. The van der Waals surface area contributed by atoms with Crippen molar-refractivity contribution in [1.29, 1.82) is 0 Å². The number of ether oxygens (including phenoxy) is 1. The Kier molecular flexibility index (Phi) is 4.75. The largest absolute Gasteiger partial charge is 0.390 e. The maximum absolute atomic E-state index is 12.3. The molecule has 0 aliphatic carbocycles. The second-order valence-corrected chi connectivity index (χ2v) is 8.18. The number of anilines is 1. The van der Waals surface area contributed by atoms with E-state index in [1.807, 2.05) is 6.92 Å². The van der Waals surface area contributed by atoms with Crippen LogP contribution in [0, 0.1) is 6.92 Å². The van der Waals surface area contributed by atoms with Gasteiger partial charge in [-0.15, -0.1) is 0 Å². The number of nitrogen functional groups attached to an aromatic ring is 1. The highest BCUT2D eigenvalue weighted by Crippen LogP contribution is 2.32.